The smallest absolute Gasteiger partial charge is 0.312 e. The first kappa shape index (κ1) is 22.5. The highest BCUT2D eigenvalue weighted by Crippen LogP contribution is 2.30. The molecule has 31 heavy (non-hydrogen) atoms. The summed E-state index contributed by atoms with van der Waals surface area (Å²) in [6, 6.07) is 28.0. The van der Waals surface area contributed by atoms with Gasteiger partial charge in [-0.1, -0.05) is 84.9 Å². The predicted molar refractivity (Wildman–Crippen MR) is 125 cm³/mol. The van der Waals surface area contributed by atoms with Crippen LogP contribution in [0.1, 0.15) is 38.3 Å². The van der Waals surface area contributed by atoms with E-state index in [0.717, 1.165) is 22.3 Å². The minimum Gasteiger partial charge on any atom is -0.463 e. The molecule has 1 atom stereocenters. The van der Waals surface area contributed by atoms with E-state index in [1.807, 2.05) is 93.6 Å². The van der Waals surface area contributed by atoms with Crippen LogP contribution in [0.2, 0.25) is 0 Å². The number of ketones is 1. The molecule has 0 fully saturated rings. The molecule has 0 aromatic heterocycles. The highest BCUT2D eigenvalue weighted by Gasteiger charge is 2.37. The number of Topliss-reactive ketones (excluding diaryl/α,β-unsaturated/α-hetero) is 1. The predicted octanol–water partition coefficient (Wildman–Crippen LogP) is 6.06. The number of benzene rings is 3. The van der Waals surface area contributed by atoms with Crippen LogP contribution in [-0.4, -0.2) is 17.9 Å². The van der Waals surface area contributed by atoms with Crippen molar-refractivity contribution >= 4 is 11.8 Å². The molecule has 160 valence electrons. The Morgan fingerprint density at radius 3 is 1.90 bits per heavy atom. The van der Waals surface area contributed by atoms with Crippen LogP contribution in [0, 0.1) is 5.41 Å². The number of carbonyl (C=O) groups is 2. The van der Waals surface area contributed by atoms with Crippen LogP contribution >= 0.6 is 0 Å². The molecule has 0 unspecified atom stereocenters. The van der Waals surface area contributed by atoms with Crippen molar-refractivity contribution in [2.75, 3.05) is 0 Å². The highest BCUT2D eigenvalue weighted by molar-refractivity contribution is 5.88. The van der Waals surface area contributed by atoms with Crippen molar-refractivity contribution in [1.29, 1.82) is 0 Å². The first-order chi connectivity index (χ1) is 14.9. The van der Waals surface area contributed by atoms with E-state index in [9.17, 15) is 9.59 Å². The molecular weight excluding hydrogens is 384 g/mol. The summed E-state index contributed by atoms with van der Waals surface area (Å²) in [7, 11) is 0. The maximum absolute atomic E-state index is 13.0. The normalized spacial score (nSPS) is 12.9. The zero-order valence-electron chi connectivity index (χ0n) is 18.5. The van der Waals surface area contributed by atoms with Crippen molar-refractivity contribution in [1.82, 2.24) is 0 Å². The summed E-state index contributed by atoms with van der Waals surface area (Å²) in [6.45, 7) is 5.50. The molecule has 0 N–H and O–H groups in total. The number of carbonyl (C=O) groups excluding carboxylic acids is 2. The number of ether oxygens (including phenoxy) is 1. The fourth-order valence-electron chi connectivity index (χ4n) is 3.78. The Balaban J connectivity index is 1.71. The Hall–Kier alpha value is -3.20. The third-order valence-corrected chi connectivity index (χ3v) is 5.32. The molecule has 0 aliphatic rings. The van der Waals surface area contributed by atoms with Crippen molar-refractivity contribution in [2.24, 2.45) is 5.41 Å². The molecule has 0 spiro atoms. The minimum atomic E-state index is -0.896. The summed E-state index contributed by atoms with van der Waals surface area (Å²) in [5.41, 5.74) is 3.33. The number of hydrogen-bond acceptors (Lipinski definition) is 3. The van der Waals surface area contributed by atoms with Crippen LogP contribution in [0.15, 0.2) is 84.9 Å². The monoisotopic (exact) mass is 414 g/mol. The maximum Gasteiger partial charge on any atom is 0.312 e. The molecule has 0 saturated heterocycles. The third-order valence-electron chi connectivity index (χ3n) is 5.32. The molecular formula is C28H30O3. The zero-order chi connectivity index (χ0) is 22.3. The highest BCUT2D eigenvalue weighted by atomic mass is 16.5. The van der Waals surface area contributed by atoms with E-state index in [4.69, 9.17) is 4.74 Å². The summed E-state index contributed by atoms with van der Waals surface area (Å²) in [4.78, 5) is 25.9. The van der Waals surface area contributed by atoms with Crippen LogP contribution < -0.4 is 0 Å². The second kappa shape index (κ2) is 10.2. The van der Waals surface area contributed by atoms with Gasteiger partial charge in [0.15, 0.2) is 0 Å². The average Bonchev–Trinajstić information content (AvgIpc) is 2.75. The van der Waals surface area contributed by atoms with Gasteiger partial charge < -0.3 is 4.74 Å². The van der Waals surface area contributed by atoms with Gasteiger partial charge in [-0.2, -0.15) is 0 Å². The van der Waals surface area contributed by atoms with Crippen LogP contribution in [0.3, 0.4) is 0 Å². The van der Waals surface area contributed by atoms with Crippen LogP contribution in [-0.2, 0) is 27.2 Å². The average molecular weight is 415 g/mol. The van der Waals surface area contributed by atoms with E-state index in [1.165, 1.54) is 0 Å². The van der Waals surface area contributed by atoms with Crippen molar-refractivity contribution in [3.63, 3.8) is 0 Å². The maximum atomic E-state index is 13.0. The Bertz CT molecular complexity index is 991. The van der Waals surface area contributed by atoms with Gasteiger partial charge in [0.2, 0.25) is 0 Å². The van der Waals surface area contributed by atoms with Crippen LogP contribution in [0.5, 0.6) is 0 Å². The zero-order valence-corrected chi connectivity index (χ0v) is 18.5. The van der Waals surface area contributed by atoms with E-state index in [0.29, 0.717) is 12.8 Å². The second-order valence-corrected chi connectivity index (χ2v) is 8.63. The van der Waals surface area contributed by atoms with E-state index in [-0.39, 0.29) is 24.3 Å². The van der Waals surface area contributed by atoms with E-state index in [2.05, 4.69) is 12.1 Å². The lowest BCUT2D eigenvalue weighted by Crippen LogP contribution is -2.36. The first-order valence-corrected chi connectivity index (χ1v) is 10.8. The Labute approximate surface area is 185 Å². The third kappa shape index (κ3) is 6.39. The largest absolute Gasteiger partial charge is 0.463 e. The second-order valence-electron chi connectivity index (χ2n) is 8.63. The lowest BCUT2D eigenvalue weighted by molar-refractivity contribution is -0.160. The summed E-state index contributed by atoms with van der Waals surface area (Å²) >= 11 is 0. The molecule has 0 saturated carbocycles. The molecule has 0 bridgehead atoms. The van der Waals surface area contributed by atoms with Gasteiger partial charge in [-0.25, -0.2) is 0 Å². The Morgan fingerprint density at radius 2 is 1.32 bits per heavy atom. The van der Waals surface area contributed by atoms with E-state index >= 15 is 0 Å². The number of esters is 1. The topological polar surface area (TPSA) is 43.4 Å². The molecule has 0 aliphatic carbocycles. The number of hydrogen-bond donors (Lipinski definition) is 0. The van der Waals surface area contributed by atoms with E-state index in [1.54, 1.807) is 0 Å². The summed E-state index contributed by atoms with van der Waals surface area (Å²) in [6.07, 6.45) is 0.698. The van der Waals surface area contributed by atoms with Gasteiger partial charge in [-0.05, 0) is 49.4 Å². The van der Waals surface area contributed by atoms with Gasteiger partial charge in [0, 0.05) is 12.8 Å². The van der Waals surface area contributed by atoms with Gasteiger partial charge in [-0.3, -0.25) is 9.59 Å². The Morgan fingerprint density at radius 1 is 0.774 bits per heavy atom. The molecule has 3 nitrogen and oxygen atoms in total. The molecule has 0 heterocycles. The fraction of sp³-hybridized carbons (Fsp3) is 0.286. The first-order valence-electron chi connectivity index (χ1n) is 10.8. The molecule has 3 aromatic carbocycles. The van der Waals surface area contributed by atoms with Crippen molar-refractivity contribution in [2.45, 2.75) is 46.1 Å². The molecule has 3 rings (SSSR count). The molecule has 0 aliphatic heterocycles. The SMILES string of the molecule is CC(C)OC(=O)[C@@](C)(CC(=O)Cc1ccc(-c2ccccc2)cc1)Cc1ccccc1. The quantitative estimate of drug-likeness (QED) is 0.400. The lowest BCUT2D eigenvalue weighted by atomic mass is 9.78. The summed E-state index contributed by atoms with van der Waals surface area (Å²) in [5, 5.41) is 0. The molecule has 3 heteroatoms. The van der Waals surface area contributed by atoms with Gasteiger partial charge in [0.1, 0.15) is 5.78 Å². The van der Waals surface area contributed by atoms with Crippen LogP contribution in [0.25, 0.3) is 11.1 Å². The van der Waals surface area contributed by atoms with Gasteiger partial charge in [-0.15, -0.1) is 0 Å². The molecule has 0 amide bonds. The van der Waals surface area contributed by atoms with Gasteiger partial charge in [0.25, 0.3) is 0 Å². The van der Waals surface area contributed by atoms with E-state index < -0.39 is 5.41 Å². The summed E-state index contributed by atoms with van der Waals surface area (Å²) < 4.78 is 5.51. The van der Waals surface area contributed by atoms with Crippen molar-refractivity contribution in [3.8, 4) is 11.1 Å². The van der Waals surface area contributed by atoms with Gasteiger partial charge >= 0.3 is 5.97 Å². The number of rotatable bonds is 9. The van der Waals surface area contributed by atoms with Gasteiger partial charge in [0.05, 0.1) is 11.5 Å². The van der Waals surface area contributed by atoms with Crippen molar-refractivity contribution in [3.05, 3.63) is 96.1 Å². The lowest BCUT2D eigenvalue weighted by Gasteiger charge is -2.28. The molecule has 3 aromatic rings. The Kier molecular flexibility index (Phi) is 7.41. The fourth-order valence-corrected chi connectivity index (χ4v) is 3.78. The van der Waals surface area contributed by atoms with Crippen LogP contribution in [0.4, 0.5) is 0 Å². The summed E-state index contributed by atoms with van der Waals surface area (Å²) in [5.74, 6) is -0.286. The van der Waals surface area contributed by atoms with Crippen molar-refractivity contribution < 1.29 is 14.3 Å². The molecule has 0 radical (unpaired) electrons. The standard InChI is InChI=1S/C28H30O3/c1-21(2)31-27(30)28(3,19-23-10-6-4-7-11-23)20-26(29)18-22-14-16-25(17-15-22)24-12-8-5-9-13-24/h4-17,21H,18-20H2,1-3H3/t28-/m1/s1. The minimum absolute atomic E-state index is 0.0339.